The SMILES string of the molecule is CCC(C)C(N)c1nc(Cc2ccccc2F)no1. The Labute approximate surface area is 111 Å². The Hall–Kier alpha value is -1.75. The summed E-state index contributed by atoms with van der Waals surface area (Å²) in [6.45, 7) is 4.09. The van der Waals surface area contributed by atoms with E-state index in [1.807, 2.05) is 6.92 Å². The average Bonchev–Trinajstić information content (AvgIpc) is 2.88. The first-order chi connectivity index (χ1) is 9.11. The molecule has 0 aliphatic heterocycles. The fourth-order valence-corrected chi connectivity index (χ4v) is 1.78. The van der Waals surface area contributed by atoms with Crippen molar-refractivity contribution >= 4 is 0 Å². The molecule has 1 aromatic heterocycles. The summed E-state index contributed by atoms with van der Waals surface area (Å²) in [6, 6.07) is 6.29. The second kappa shape index (κ2) is 5.93. The third-order valence-electron chi connectivity index (χ3n) is 3.33. The molecule has 2 atom stereocenters. The van der Waals surface area contributed by atoms with Crippen LogP contribution in [-0.2, 0) is 6.42 Å². The van der Waals surface area contributed by atoms with Crippen LogP contribution >= 0.6 is 0 Å². The Morgan fingerprint density at radius 1 is 1.37 bits per heavy atom. The van der Waals surface area contributed by atoms with Crippen molar-refractivity contribution in [1.82, 2.24) is 10.1 Å². The maximum Gasteiger partial charge on any atom is 0.243 e. The van der Waals surface area contributed by atoms with Gasteiger partial charge in [-0.1, -0.05) is 43.6 Å². The number of hydrogen-bond acceptors (Lipinski definition) is 4. The molecular formula is C14H18FN3O. The lowest BCUT2D eigenvalue weighted by Gasteiger charge is -2.12. The number of hydrogen-bond donors (Lipinski definition) is 1. The second-order valence-corrected chi connectivity index (χ2v) is 4.73. The first kappa shape index (κ1) is 13.7. The van der Waals surface area contributed by atoms with Gasteiger partial charge in [0.1, 0.15) is 5.82 Å². The monoisotopic (exact) mass is 263 g/mol. The van der Waals surface area contributed by atoms with Crippen LogP contribution < -0.4 is 5.73 Å². The number of nitrogens with two attached hydrogens (primary N) is 1. The molecule has 0 aliphatic carbocycles. The van der Waals surface area contributed by atoms with E-state index in [0.717, 1.165) is 6.42 Å². The third-order valence-corrected chi connectivity index (χ3v) is 3.33. The molecule has 2 N–H and O–H groups in total. The Morgan fingerprint density at radius 2 is 2.11 bits per heavy atom. The molecule has 2 unspecified atom stereocenters. The first-order valence-corrected chi connectivity index (χ1v) is 6.43. The second-order valence-electron chi connectivity index (χ2n) is 4.73. The van der Waals surface area contributed by atoms with E-state index >= 15 is 0 Å². The molecule has 0 bridgehead atoms. The zero-order chi connectivity index (χ0) is 13.8. The summed E-state index contributed by atoms with van der Waals surface area (Å²) < 4.78 is 18.7. The summed E-state index contributed by atoms with van der Waals surface area (Å²) in [7, 11) is 0. The van der Waals surface area contributed by atoms with Gasteiger partial charge in [0.2, 0.25) is 5.89 Å². The lowest BCUT2D eigenvalue weighted by Crippen LogP contribution is -2.18. The van der Waals surface area contributed by atoms with Crippen molar-refractivity contribution in [2.24, 2.45) is 11.7 Å². The normalized spacial score (nSPS) is 14.3. The maximum atomic E-state index is 13.5. The maximum absolute atomic E-state index is 13.5. The highest BCUT2D eigenvalue weighted by Gasteiger charge is 2.20. The van der Waals surface area contributed by atoms with E-state index in [4.69, 9.17) is 10.3 Å². The van der Waals surface area contributed by atoms with E-state index in [0.29, 0.717) is 23.7 Å². The van der Waals surface area contributed by atoms with Gasteiger partial charge in [-0.2, -0.15) is 4.98 Å². The van der Waals surface area contributed by atoms with Crippen molar-refractivity contribution in [3.63, 3.8) is 0 Å². The largest absolute Gasteiger partial charge is 0.338 e. The molecule has 0 aliphatic rings. The van der Waals surface area contributed by atoms with E-state index < -0.39 is 0 Å². The highest BCUT2D eigenvalue weighted by molar-refractivity contribution is 5.20. The summed E-state index contributed by atoms with van der Waals surface area (Å²) in [4.78, 5) is 4.25. The number of rotatable bonds is 5. The first-order valence-electron chi connectivity index (χ1n) is 6.43. The molecule has 0 saturated carbocycles. The molecule has 4 nitrogen and oxygen atoms in total. The molecule has 102 valence electrons. The topological polar surface area (TPSA) is 64.9 Å². The zero-order valence-corrected chi connectivity index (χ0v) is 11.1. The minimum Gasteiger partial charge on any atom is -0.338 e. The van der Waals surface area contributed by atoms with E-state index in [-0.39, 0.29) is 17.8 Å². The van der Waals surface area contributed by atoms with Gasteiger partial charge in [0.25, 0.3) is 0 Å². The fourth-order valence-electron chi connectivity index (χ4n) is 1.78. The molecule has 1 aromatic carbocycles. The van der Waals surface area contributed by atoms with Gasteiger partial charge in [-0.25, -0.2) is 4.39 Å². The molecule has 2 aromatic rings. The molecule has 0 amide bonds. The van der Waals surface area contributed by atoms with Gasteiger partial charge >= 0.3 is 0 Å². The van der Waals surface area contributed by atoms with E-state index in [1.165, 1.54) is 6.07 Å². The van der Waals surface area contributed by atoms with Gasteiger partial charge in [0.15, 0.2) is 5.82 Å². The van der Waals surface area contributed by atoms with Crippen molar-refractivity contribution in [3.05, 3.63) is 47.4 Å². The number of benzene rings is 1. The van der Waals surface area contributed by atoms with Crippen molar-refractivity contribution in [1.29, 1.82) is 0 Å². The Bertz CT molecular complexity index is 541. The Morgan fingerprint density at radius 3 is 2.79 bits per heavy atom. The van der Waals surface area contributed by atoms with Crippen LogP contribution in [0.5, 0.6) is 0 Å². The Balaban J connectivity index is 2.12. The number of halogens is 1. The predicted molar refractivity (Wildman–Crippen MR) is 69.9 cm³/mol. The van der Waals surface area contributed by atoms with Gasteiger partial charge < -0.3 is 10.3 Å². The molecule has 0 spiro atoms. The Kier molecular flexibility index (Phi) is 4.27. The van der Waals surface area contributed by atoms with E-state index in [9.17, 15) is 4.39 Å². The standard InChI is InChI=1S/C14H18FN3O/c1-3-9(2)13(16)14-17-12(18-19-14)8-10-6-4-5-7-11(10)15/h4-7,9,13H,3,8,16H2,1-2H3. The quantitative estimate of drug-likeness (QED) is 0.900. The number of nitrogens with zero attached hydrogens (tertiary/aromatic N) is 2. The van der Waals surface area contributed by atoms with Crippen molar-refractivity contribution in [2.75, 3.05) is 0 Å². The highest BCUT2D eigenvalue weighted by atomic mass is 19.1. The van der Waals surface area contributed by atoms with Gasteiger partial charge in [-0.15, -0.1) is 0 Å². The molecule has 5 heteroatoms. The van der Waals surface area contributed by atoms with Gasteiger partial charge in [-0.05, 0) is 17.5 Å². The average molecular weight is 263 g/mol. The minimum absolute atomic E-state index is 0.264. The molecule has 0 radical (unpaired) electrons. The smallest absolute Gasteiger partial charge is 0.243 e. The van der Waals surface area contributed by atoms with Gasteiger partial charge in [0.05, 0.1) is 6.04 Å². The van der Waals surface area contributed by atoms with Crippen LogP contribution in [-0.4, -0.2) is 10.1 Å². The summed E-state index contributed by atoms with van der Waals surface area (Å²) in [5.41, 5.74) is 6.56. The lowest BCUT2D eigenvalue weighted by atomic mass is 10.0. The molecule has 0 saturated heterocycles. The number of aromatic nitrogens is 2. The van der Waals surface area contributed by atoms with Crippen LogP contribution in [0.3, 0.4) is 0 Å². The zero-order valence-electron chi connectivity index (χ0n) is 11.1. The summed E-state index contributed by atoms with van der Waals surface area (Å²) >= 11 is 0. The molecule has 19 heavy (non-hydrogen) atoms. The van der Waals surface area contributed by atoms with Crippen LogP contribution in [0, 0.1) is 11.7 Å². The van der Waals surface area contributed by atoms with Crippen molar-refractivity contribution in [3.8, 4) is 0 Å². The summed E-state index contributed by atoms with van der Waals surface area (Å²) in [5.74, 6) is 0.876. The van der Waals surface area contributed by atoms with Gasteiger partial charge in [-0.3, -0.25) is 0 Å². The van der Waals surface area contributed by atoms with Crippen molar-refractivity contribution < 1.29 is 8.91 Å². The predicted octanol–water partition coefficient (Wildman–Crippen LogP) is 2.85. The summed E-state index contributed by atoms with van der Waals surface area (Å²) in [5, 5.41) is 3.86. The molecule has 1 heterocycles. The van der Waals surface area contributed by atoms with E-state index in [1.54, 1.807) is 18.2 Å². The van der Waals surface area contributed by atoms with Crippen LogP contribution in [0.1, 0.15) is 43.6 Å². The third kappa shape index (κ3) is 3.17. The highest BCUT2D eigenvalue weighted by Crippen LogP contribution is 2.20. The lowest BCUT2D eigenvalue weighted by molar-refractivity contribution is 0.310. The molecular weight excluding hydrogens is 245 g/mol. The fraction of sp³-hybridized carbons (Fsp3) is 0.429. The summed E-state index contributed by atoms with van der Waals surface area (Å²) in [6.07, 6.45) is 1.25. The van der Waals surface area contributed by atoms with E-state index in [2.05, 4.69) is 17.1 Å². The van der Waals surface area contributed by atoms with Crippen molar-refractivity contribution in [2.45, 2.75) is 32.7 Å². The minimum atomic E-state index is -0.271. The van der Waals surface area contributed by atoms with Crippen LogP contribution in [0.2, 0.25) is 0 Å². The van der Waals surface area contributed by atoms with Crippen LogP contribution in [0.4, 0.5) is 4.39 Å². The van der Waals surface area contributed by atoms with Crippen LogP contribution in [0.25, 0.3) is 0 Å². The van der Waals surface area contributed by atoms with Crippen LogP contribution in [0.15, 0.2) is 28.8 Å². The van der Waals surface area contributed by atoms with Gasteiger partial charge in [0, 0.05) is 6.42 Å². The molecule has 2 rings (SSSR count). The molecule has 0 fully saturated rings.